The number of alkyl halides is 3. The lowest BCUT2D eigenvalue weighted by Gasteiger charge is -2.18. The zero-order valence-electron chi connectivity index (χ0n) is 15.7. The molecule has 29 heavy (non-hydrogen) atoms. The average Bonchev–Trinajstić information content (AvgIpc) is 2.93. The van der Waals surface area contributed by atoms with Gasteiger partial charge in [-0.05, 0) is 26.0 Å². The molecule has 2 aliphatic rings. The Kier molecular flexibility index (Phi) is 5.36. The predicted octanol–water partition coefficient (Wildman–Crippen LogP) is 3.33. The molecule has 0 radical (unpaired) electrons. The predicted molar refractivity (Wildman–Crippen MR) is 102 cm³/mol. The SMILES string of the molecule is CC1(C)Cc2cc(NC(=O)/C(C=N)=C3\N=CC=CN3)c(OCC(F)(F)F)cc2O1. The molecule has 1 amide bonds. The van der Waals surface area contributed by atoms with Crippen LogP contribution in [0.25, 0.3) is 0 Å². The van der Waals surface area contributed by atoms with E-state index in [2.05, 4.69) is 15.6 Å². The van der Waals surface area contributed by atoms with E-state index in [1.807, 2.05) is 13.8 Å². The van der Waals surface area contributed by atoms with Gasteiger partial charge in [-0.1, -0.05) is 0 Å². The van der Waals surface area contributed by atoms with E-state index in [9.17, 15) is 18.0 Å². The molecule has 0 unspecified atom stereocenters. The minimum absolute atomic E-state index is 0.0505. The van der Waals surface area contributed by atoms with Gasteiger partial charge in [0.25, 0.3) is 5.91 Å². The number of ether oxygens (including phenoxy) is 2. The molecule has 0 bridgehead atoms. The number of carbonyl (C=O) groups is 1. The van der Waals surface area contributed by atoms with E-state index in [1.54, 1.807) is 6.08 Å². The fraction of sp³-hybridized carbons (Fsp3) is 0.316. The van der Waals surface area contributed by atoms with Crippen molar-refractivity contribution in [2.75, 3.05) is 11.9 Å². The summed E-state index contributed by atoms with van der Waals surface area (Å²) in [5, 5.41) is 12.8. The second-order valence-corrected chi connectivity index (χ2v) is 7.04. The molecule has 0 atom stereocenters. The molecule has 0 saturated heterocycles. The van der Waals surface area contributed by atoms with Gasteiger partial charge in [0.2, 0.25) is 0 Å². The molecule has 0 saturated carbocycles. The normalized spacial score (nSPS) is 18.4. The van der Waals surface area contributed by atoms with E-state index in [-0.39, 0.29) is 22.8 Å². The Hall–Kier alpha value is -3.30. The van der Waals surface area contributed by atoms with E-state index in [1.165, 1.54) is 24.5 Å². The number of nitrogens with zero attached hydrogens (tertiary/aromatic N) is 1. The van der Waals surface area contributed by atoms with Crippen LogP contribution in [0, 0.1) is 5.41 Å². The minimum Gasteiger partial charge on any atom is -0.487 e. The smallest absolute Gasteiger partial charge is 0.422 e. The van der Waals surface area contributed by atoms with Gasteiger partial charge in [0, 0.05) is 36.7 Å². The number of halogens is 3. The van der Waals surface area contributed by atoms with E-state index in [4.69, 9.17) is 14.9 Å². The van der Waals surface area contributed by atoms with Crippen molar-refractivity contribution >= 4 is 24.0 Å². The summed E-state index contributed by atoms with van der Waals surface area (Å²) in [6.45, 7) is 2.17. The highest BCUT2D eigenvalue weighted by atomic mass is 19.4. The molecule has 0 aromatic heterocycles. The highest BCUT2D eigenvalue weighted by molar-refractivity contribution is 6.18. The van der Waals surface area contributed by atoms with Gasteiger partial charge in [0.15, 0.2) is 6.61 Å². The van der Waals surface area contributed by atoms with Crippen LogP contribution in [-0.4, -0.2) is 36.7 Å². The van der Waals surface area contributed by atoms with Crippen molar-refractivity contribution < 1.29 is 27.4 Å². The first kappa shape index (κ1) is 20.4. The summed E-state index contributed by atoms with van der Waals surface area (Å²) in [5.74, 6) is -0.353. The summed E-state index contributed by atoms with van der Waals surface area (Å²) in [4.78, 5) is 16.6. The van der Waals surface area contributed by atoms with Crippen molar-refractivity contribution in [2.45, 2.75) is 32.0 Å². The molecule has 0 fully saturated rings. The van der Waals surface area contributed by atoms with Gasteiger partial charge in [0.1, 0.15) is 22.9 Å². The van der Waals surface area contributed by atoms with Crippen LogP contribution in [-0.2, 0) is 11.2 Å². The quantitative estimate of drug-likeness (QED) is 0.514. The van der Waals surface area contributed by atoms with Gasteiger partial charge < -0.3 is 25.5 Å². The van der Waals surface area contributed by atoms with Crippen LogP contribution in [0.2, 0.25) is 0 Å². The van der Waals surface area contributed by atoms with Crippen LogP contribution in [0.5, 0.6) is 11.5 Å². The summed E-state index contributed by atoms with van der Waals surface area (Å²) >= 11 is 0. The summed E-state index contributed by atoms with van der Waals surface area (Å²) in [6.07, 6.45) is 1.36. The number of benzene rings is 1. The summed E-state index contributed by atoms with van der Waals surface area (Å²) in [6, 6.07) is 2.86. The summed E-state index contributed by atoms with van der Waals surface area (Å²) < 4.78 is 48.6. The Morgan fingerprint density at radius 3 is 2.83 bits per heavy atom. The number of aliphatic imine (C=N–C) groups is 1. The van der Waals surface area contributed by atoms with Gasteiger partial charge >= 0.3 is 6.18 Å². The Bertz CT molecular complexity index is 933. The molecule has 7 nitrogen and oxygen atoms in total. The Morgan fingerprint density at radius 2 is 2.21 bits per heavy atom. The summed E-state index contributed by atoms with van der Waals surface area (Å²) in [5.41, 5.74) is 0.158. The van der Waals surface area contributed by atoms with Crippen LogP contribution < -0.4 is 20.1 Å². The maximum Gasteiger partial charge on any atom is 0.422 e. The van der Waals surface area contributed by atoms with E-state index < -0.39 is 24.3 Å². The van der Waals surface area contributed by atoms with Crippen molar-refractivity contribution in [1.29, 1.82) is 5.41 Å². The first-order valence-electron chi connectivity index (χ1n) is 8.65. The number of allylic oxidation sites excluding steroid dienone is 1. The third-order valence-corrected chi connectivity index (χ3v) is 4.05. The largest absolute Gasteiger partial charge is 0.487 e. The first-order valence-corrected chi connectivity index (χ1v) is 8.65. The molecule has 2 heterocycles. The molecular formula is C19H19F3N4O3. The maximum absolute atomic E-state index is 12.7. The second kappa shape index (κ2) is 7.61. The number of nitrogens with one attached hydrogen (secondary N) is 3. The molecule has 1 aromatic carbocycles. The fourth-order valence-electron chi connectivity index (χ4n) is 2.91. The third kappa shape index (κ3) is 4.95. The van der Waals surface area contributed by atoms with Gasteiger partial charge in [-0.2, -0.15) is 13.2 Å². The van der Waals surface area contributed by atoms with E-state index in [0.717, 1.165) is 11.8 Å². The van der Waals surface area contributed by atoms with E-state index >= 15 is 0 Å². The summed E-state index contributed by atoms with van der Waals surface area (Å²) in [7, 11) is 0. The lowest BCUT2D eigenvalue weighted by Crippen LogP contribution is -2.24. The van der Waals surface area contributed by atoms with Gasteiger partial charge in [-0.15, -0.1) is 0 Å². The lowest BCUT2D eigenvalue weighted by atomic mass is 10.0. The Morgan fingerprint density at radius 1 is 1.45 bits per heavy atom. The number of amides is 1. The molecule has 3 rings (SSSR count). The molecule has 2 aliphatic heterocycles. The van der Waals surface area contributed by atoms with Crippen molar-refractivity contribution in [2.24, 2.45) is 4.99 Å². The molecule has 3 N–H and O–H groups in total. The number of hydrogen-bond donors (Lipinski definition) is 3. The molecular weight excluding hydrogens is 389 g/mol. The number of carbonyl (C=O) groups excluding carboxylic acids is 1. The van der Waals surface area contributed by atoms with Crippen LogP contribution in [0.1, 0.15) is 19.4 Å². The van der Waals surface area contributed by atoms with Crippen LogP contribution in [0.15, 0.2) is 40.8 Å². The maximum atomic E-state index is 12.7. The highest BCUT2D eigenvalue weighted by Crippen LogP contribution is 2.41. The van der Waals surface area contributed by atoms with Crippen molar-refractivity contribution in [1.82, 2.24) is 5.32 Å². The average molecular weight is 408 g/mol. The molecule has 0 aliphatic carbocycles. The zero-order chi connectivity index (χ0) is 21.2. The van der Waals surface area contributed by atoms with Crippen molar-refractivity contribution in [3.05, 3.63) is 41.4 Å². The lowest BCUT2D eigenvalue weighted by molar-refractivity contribution is -0.153. The minimum atomic E-state index is -4.55. The van der Waals surface area contributed by atoms with Crippen LogP contribution in [0.4, 0.5) is 18.9 Å². The highest BCUT2D eigenvalue weighted by Gasteiger charge is 2.33. The van der Waals surface area contributed by atoms with E-state index in [0.29, 0.717) is 12.2 Å². The van der Waals surface area contributed by atoms with Gasteiger partial charge in [0.05, 0.1) is 11.3 Å². The van der Waals surface area contributed by atoms with Crippen molar-refractivity contribution in [3.8, 4) is 11.5 Å². The topological polar surface area (TPSA) is 95.8 Å². The molecule has 154 valence electrons. The number of rotatable bonds is 5. The standard InChI is InChI=1S/C19H19F3N4O3/c1-18(2)8-11-6-13(15(7-14(11)29-18)28-10-19(20,21)22)26-17(27)12(9-23)16-24-4-3-5-25-16/h3-7,9,23-24H,8,10H2,1-2H3,(H,26,27)/b16-12-,23-9?. The number of anilines is 1. The third-order valence-electron chi connectivity index (χ3n) is 4.05. The Balaban J connectivity index is 1.92. The fourth-order valence-corrected chi connectivity index (χ4v) is 2.91. The zero-order valence-corrected chi connectivity index (χ0v) is 15.7. The van der Waals surface area contributed by atoms with Crippen LogP contribution >= 0.6 is 0 Å². The van der Waals surface area contributed by atoms with Crippen molar-refractivity contribution in [3.63, 3.8) is 0 Å². The molecule has 10 heteroatoms. The first-order chi connectivity index (χ1) is 13.6. The molecule has 0 spiro atoms. The Labute approximate surface area is 164 Å². The molecule has 1 aromatic rings. The monoisotopic (exact) mass is 408 g/mol. The van der Waals surface area contributed by atoms with Crippen LogP contribution in [0.3, 0.4) is 0 Å². The number of fused-ring (bicyclic) bond motifs is 1. The van der Waals surface area contributed by atoms with Gasteiger partial charge in [-0.3, -0.25) is 4.79 Å². The number of hydrogen-bond acceptors (Lipinski definition) is 6. The van der Waals surface area contributed by atoms with Gasteiger partial charge in [-0.25, -0.2) is 4.99 Å². The second-order valence-electron chi connectivity index (χ2n) is 7.04.